The lowest BCUT2D eigenvalue weighted by molar-refractivity contribution is -0.123. The summed E-state index contributed by atoms with van der Waals surface area (Å²) >= 11 is 0. The molecule has 1 atom stereocenters. The summed E-state index contributed by atoms with van der Waals surface area (Å²) < 4.78 is 31.9. The van der Waals surface area contributed by atoms with E-state index in [4.69, 9.17) is 4.74 Å². The number of nitrogens with one attached hydrogen (secondary N) is 1. The van der Waals surface area contributed by atoms with Gasteiger partial charge >= 0.3 is 0 Å². The van der Waals surface area contributed by atoms with Gasteiger partial charge in [-0.2, -0.15) is 0 Å². The molecule has 3 nitrogen and oxygen atoms in total. The van der Waals surface area contributed by atoms with Crippen molar-refractivity contribution in [2.45, 2.75) is 19.9 Å². The minimum absolute atomic E-state index is 0.170. The van der Waals surface area contributed by atoms with Crippen molar-refractivity contribution in [1.29, 1.82) is 0 Å². The Kier molecular flexibility index (Phi) is 5.09. The highest BCUT2D eigenvalue weighted by Gasteiger charge is 2.14. The Labute approximate surface area is 127 Å². The number of ether oxygens (including phenoxy) is 1. The predicted octanol–water partition coefficient (Wildman–Crippen LogP) is 3.53. The van der Waals surface area contributed by atoms with Crippen molar-refractivity contribution in [3.8, 4) is 5.75 Å². The Balaban J connectivity index is 1.91. The maximum Gasteiger partial charge on any atom is 0.258 e. The third-order valence-corrected chi connectivity index (χ3v) is 3.17. The molecule has 0 radical (unpaired) electrons. The fraction of sp³-hybridized carbons (Fsp3) is 0.235. The summed E-state index contributed by atoms with van der Waals surface area (Å²) in [6.45, 7) is 3.38. The second-order valence-corrected chi connectivity index (χ2v) is 5.06. The van der Waals surface area contributed by atoms with Crippen LogP contribution in [0, 0.1) is 18.6 Å². The first-order valence-corrected chi connectivity index (χ1v) is 6.89. The van der Waals surface area contributed by atoms with E-state index in [1.165, 1.54) is 6.07 Å². The van der Waals surface area contributed by atoms with Crippen LogP contribution in [0.1, 0.15) is 24.1 Å². The van der Waals surface area contributed by atoms with Crippen LogP contribution in [0.15, 0.2) is 42.5 Å². The minimum Gasteiger partial charge on any atom is -0.484 e. The average molecular weight is 305 g/mol. The zero-order valence-electron chi connectivity index (χ0n) is 12.4. The van der Waals surface area contributed by atoms with E-state index in [0.29, 0.717) is 5.75 Å². The van der Waals surface area contributed by atoms with Crippen LogP contribution in [-0.4, -0.2) is 12.5 Å². The van der Waals surface area contributed by atoms with Crippen LogP contribution in [0.4, 0.5) is 8.78 Å². The van der Waals surface area contributed by atoms with Crippen LogP contribution < -0.4 is 10.1 Å². The minimum atomic E-state index is -0.688. The second-order valence-electron chi connectivity index (χ2n) is 5.06. The molecule has 2 rings (SSSR count). The highest BCUT2D eigenvalue weighted by molar-refractivity contribution is 5.78. The number of hydrogen-bond donors (Lipinski definition) is 1. The molecule has 22 heavy (non-hydrogen) atoms. The van der Waals surface area contributed by atoms with Gasteiger partial charge in [-0.15, -0.1) is 0 Å². The van der Waals surface area contributed by atoms with E-state index in [-0.39, 0.29) is 18.1 Å². The number of carbonyl (C=O) groups is 1. The Hall–Kier alpha value is -2.43. The van der Waals surface area contributed by atoms with Gasteiger partial charge in [0.05, 0.1) is 6.04 Å². The lowest BCUT2D eigenvalue weighted by Gasteiger charge is -2.15. The van der Waals surface area contributed by atoms with Gasteiger partial charge in [0.25, 0.3) is 5.91 Å². The van der Waals surface area contributed by atoms with Crippen molar-refractivity contribution < 1.29 is 18.3 Å². The molecule has 0 aromatic heterocycles. The second kappa shape index (κ2) is 7.02. The van der Waals surface area contributed by atoms with Crippen LogP contribution >= 0.6 is 0 Å². The molecule has 1 N–H and O–H groups in total. The number of amides is 1. The number of halogens is 2. The first-order valence-electron chi connectivity index (χ1n) is 6.89. The van der Waals surface area contributed by atoms with Crippen LogP contribution in [0.25, 0.3) is 0 Å². The normalized spacial score (nSPS) is 11.8. The van der Waals surface area contributed by atoms with Gasteiger partial charge in [-0.3, -0.25) is 4.79 Å². The fourth-order valence-electron chi connectivity index (χ4n) is 2.07. The van der Waals surface area contributed by atoms with Gasteiger partial charge in [0.2, 0.25) is 0 Å². The summed E-state index contributed by atoms with van der Waals surface area (Å²) in [7, 11) is 0. The lowest BCUT2D eigenvalue weighted by Crippen LogP contribution is -2.31. The van der Waals surface area contributed by atoms with E-state index in [9.17, 15) is 13.6 Å². The third kappa shape index (κ3) is 4.28. The van der Waals surface area contributed by atoms with E-state index < -0.39 is 17.7 Å². The zero-order chi connectivity index (χ0) is 16.1. The van der Waals surface area contributed by atoms with Crippen LogP contribution in [0.2, 0.25) is 0 Å². The summed E-state index contributed by atoms with van der Waals surface area (Å²) in [5.41, 5.74) is 1.25. The van der Waals surface area contributed by atoms with Crippen LogP contribution in [0.3, 0.4) is 0 Å². The molecule has 0 bridgehead atoms. The number of aryl methyl sites for hydroxylation is 1. The molecule has 0 heterocycles. The zero-order valence-corrected chi connectivity index (χ0v) is 12.4. The van der Waals surface area contributed by atoms with E-state index >= 15 is 0 Å². The van der Waals surface area contributed by atoms with Gasteiger partial charge in [0, 0.05) is 11.6 Å². The van der Waals surface area contributed by atoms with E-state index in [2.05, 4.69) is 5.32 Å². The Morgan fingerprint density at radius 2 is 2.00 bits per heavy atom. The van der Waals surface area contributed by atoms with Gasteiger partial charge in [0.15, 0.2) is 6.61 Å². The Morgan fingerprint density at radius 3 is 2.68 bits per heavy atom. The standard InChI is InChI=1S/C17H17F2NO2/c1-11-4-3-5-14(8-11)22-10-17(21)20-12(2)15-7-6-13(18)9-16(15)19/h3-9,12H,10H2,1-2H3,(H,20,21)/t12-/m1/s1. The molecule has 116 valence electrons. The van der Waals surface area contributed by atoms with Crippen LogP contribution in [-0.2, 0) is 4.79 Å². The maximum absolute atomic E-state index is 13.6. The van der Waals surface area contributed by atoms with Gasteiger partial charge in [-0.1, -0.05) is 18.2 Å². The monoisotopic (exact) mass is 305 g/mol. The summed E-state index contributed by atoms with van der Waals surface area (Å²) in [6.07, 6.45) is 0. The predicted molar refractivity (Wildman–Crippen MR) is 79.6 cm³/mol. The number of carbonyl (C=O) groups excluding carboxylic acids is 1. The van der Waals surface area contributed by atoms with Crippen molar-refractivity contribution >= 4 is 5.91 Å². The highest BCUT2D eigenvalue weighted by Crippen LogP contribution is 2.18. The maximum atomic E-state index is 13.6. The first kappa shape index (κ1) is 15.9. The summed E-state index contributed by atoms with van der Waals surface area (Å²) in [4.78, 5) is 11.8. The van der Waals surface area contributed by atoms with Gasteiger partial charge < -0.3 is 10.1 Å². The molecule has 2 aromatic carbocycles. The van der Waals surface area contributed by atoms with Crippen molar-refractivity contribution in [3.63, 3.8) is 0 Å². The fourth-order valence-corrected chi connectivity index (χ4v) is 2.07. The van der Waals surface area contributed by atoms with Gasteiger partial charge in [0.1, 0.15) is 17.4 Å². The molecule has 5 heteroatoms. The molecular formula is C17H17F2NO2. The summed E-state index contributed by atoms with van der Waals surface area (Å²) in [5, 5.41) is 2.61. The smallest absolute Gasteiger partial charge is 0.258 e. The molecule has 0 saturated heterocycles. The molecular weight excluding hydrogens is 288 g/mol. The Morgan fingerprint density at radius 1 is 1.23 bits per heavy atom. The topological polar surface area (TPSA) is 38.3 Å². The quantitative estimate of drug-likeness (QED) is 0.917. The molecule has 2 aromatic rings. The van der Waals surface area contributed by atoms with E-state index in [1.54, 1.807) is 13.0 Å². The molecule has 0 aliphatic rings. The molecule has 0 fully saturated rings. The molecule has 0 unspecified atom stereocenters. The molecule has 1 amide bonds. The van der Waals surface area contributed by atoms with Crippen molar-refractivity contribution in [3.05, 3.63) is 65.2 Å². The van der Waals surface area contributed by atoms with Gasteiger partial charge in [-0.05, 0) is 37.6 Å². The summed E-state index contributed by atoms with van der Waals surface area (Å²) in [6, 6.07) is 10.0. The lowest BCUT2D eigenvalue weighted by atomic mass is 10.1. The average Bonchev–Trinajstić information content (AvgIpc) is 2.45. The molecule has 0 saturated carbocycles. The third-order valence-electron chi connectivity index (χ3n) is 3.17. The van der Waals surface area contributed by atoms with Gasteiger partial charge in [-0.25, -0.2) is 8.78 Å². The van der Waals surface area contributed by atoms with Crippen molar-refractivity contribution in [2.24, 2.45) is 0 Å². The number of hydrogen-bond acceptors (Lipinski definition) is 2. The molecule has 0 aliphatic heterocycles. The SMILES string of the molecule is Cc1cccc(OCC(=O)N[C@H](C)c2ccc(F)cc2F)c1. The highest BCUT2D eigenvalue weighted by atomic mass is 19.1. The molecule has 0 spiro atoms. The Bertz CT molecular complexity index is 673. The van der Waals surface area contributed by atoms with Crippen molar-refractivity contribution in [2.75, 3.05) is 6.61 Å². The van der Waals surface area contributed by atoms with E-state index in [1.807, 2.05) is 25.1 Å². The first-order chi connectivity index (χ1) is 10.5. The molecule has 0 aliphatic carbocycles. The largest absolute Gasteiger partial charge is 0.484 e. The number of rotatable bonds is 5. The van der Waals surface area contributed by atoms with Crippen LogP contribution in [0.5, 0.6) is 5.75 Å². The number of benzene rings is 2. The van der Waals surface area contributed by atoms with Crippen molar-refractivity contribution in [1.82, 2.24) is 5.32 Å². The van der Waals surface area contributed by atoms with E-state index in [0.717, 1.165) is 17.7 Å². The summed E-state index contributed by atoms with van der Waals surface area (Å²) in [5.74, 6) is -1.12.